The van der Waals surface area contributed by atoms with Crippen LogP contribution >= 0.6 is 0 Å². The van der Waals surface area contributed by atoms with Gasteiger partial charge in [0.15, 0.2) is 0 Å². The molecular formula is C19H32N2O. The van der Waals surface area contributed by atoms with Crippen LogP contribution in [0.5, 0.6) is 5.75 Å². The smallest absolute Gasteiger partial charge is 0.142 e. The molecule has 124 valence electrons. The normalized spacial score (nSPS) is 17.1. The molecule has 1 atom stereocenters. The fraction of sp³-hybridized carbons (Fsp3) is 0.684. The molecular weight excluding hydrogens is 272 g/mol. The molecule has 0 bridgehead atoms. The Hall–Kier alpha value is -1.22. The number of nitrogens with zero attached hydrogens (tertiary/aromatic N) is 1. The van der Waals surface area contributed by atoms with Crippen LogP contribution in [0.2, 0.25) is 0 Å². The lowest BCUT2D eigenvalue weighted by Crippen LogP contribution is -2.26. The number of hydrogen-bond acceptors (Lipinski definition) is 3. The fourth-order valence-corrected chi connectivity index (χ4v) is 2.95. The molecule has 1 heterocycles. The third-order valence-corrected chi connectivity index (χ3v) is 4.54. The summed E-state index contributed by atoms with van der Waals surface area (Å²) >= 11 is 0. The predicted octanol–water partition coefficient (Wildman–Crippen LogP) is 4.35. The predicted molar refractivity (Wildman–Crippen MR) is 94.9 cm³/mol. The van der Waals surface area contributed by atoms with E-state index in [-0.39, 0.29) is 0 Å². The molecule has 0 spiro atoms. The number of nitrogens with one attached hydrogen (secondary N) is 1. The van der Waals surface area contributed by atoms with Gasteiger partial charge in [0.2, 0.25) is 0 Å². The van der Waals surface area contributed by atoms with Crippen molar-refractivity contribution in [2.45, 2.75) is 65.5 Å². The van der Waals surface area contributed by atoms with Crippen LogP contribution in [0.3, 0.4) is 0 Å². The Kier molecular flexibility index (Phi) is 7.04. The summed E-state index contributed by atoms with van der Waals surface area (Å²) in [5, 5.41) is 3.56. The van der Waals surface area contributed by atoms with Gasteiger partial charge in [0.05, 0.1) is 12.3 Å². The first-order chi connectivity index (χ1) is 10.7. The van der Waals surface area contributed by atoms with E-state index < -0.39 is 0 Å². The SMILES string of the molecule is CCOc1cc(CNC(C)CC)ccc1N1CCCCCC1. The van der Waals surface area contributed by atoms with Crippen molar-refractivity contribution >= 4 is 5.69 Å². The Morgan fingerprint density at radius 3 is 2.50 bits per heavy atom. The summed E-state index contributed by atoms with van der Waals surface area (Å²) in [6, 6.07) is 7.28. The van der Waals surface area contributed by atoms with Gasteiger partial charge in [0.25, 0.3) is 0 Å². The molecule has 0 amide bonds. The van der Waals surface area contributed by atoms with Gasteiger partial charge in [-0.2, -0.15) is 0 Å². The number of ether oxygens (including phenoxy) is 1. The molecule has 1 aromatic rings. The topological polar surface area (TPSA) is 24.5 Å². The maximum Gasteiger partial charge on any atom is 0.142 e. The Balaban J connectivity index is 2.11. The second kappa shape index (κ2) is 9.04. The van der Waals surface area contributed by atoms with Crippen LogP contribution in [0.4, 0.5) is 5.69 Å². The Labute approximate surface area is 136 Å². The van der Waals surface area contributed by atoms with E-state index in [0.29, 0.717) is 6.04 Å². The zero-order chi connectivity index (χ0) is 15.8. The van der Waals surface area contributed by atoms with E-state index in [0.717, 1.165) is 38.4 Å². The molecule has 1 aliphatic rings. The van der Waals surface area contributed by atoms with Gasteiger partial charge in [-0.3, -0.25) is 0 Å². The van der Waals surface area contributed by atoms with E-state index >= 15 is 0 Å². The zero-order valence-electron chi connectivity index (χ0n) is 14.5. The average Bonchev–Trinajstić information content (AvgIpc) is 2.82. The van der Waals surface area contributed by atoms with E-state index in [4.69, 9.17) is 4.74 Å². The molecule has 22 heavy (non-hydrogen) atoms. The van der Waals surface area contributed by atoms with Gasteiger partial charge in [0, 0.05) is 25.7 Å². The van der Waals surface area contributed by atoms with E-state index in [1.165, 1.54) is 36.9 Å². The minimum absolute atomic E-state index is 0.556. The highest BCUT2D eigenvalue weighted by Crippen LogP contribution is 2.31. The Bertz CT molecular complexity index is 439. The molecule has 2 rings (SSSR count). The monoisotopic (exact) mass is 304 g/mol. The van der Waals surface area contributed by atoms with E-state index in [2.05, 4.69) is 49.2 Å². The maximum atomic E-state index is 5.94. The molecule has 3 nitrogen and oxygen atoms in total. The van der Waals surface area contributed by atoms with Crippen LogP contribution in [0, 0.1) is 0 Å². The van der Waals surface area contributed by atoms with Crippen LogP contribution in [0.15, 0.2) is 18.2 Å². The summed E-state index contributed by atoms with van der Waals surface area (Å²) in [6.07, 6.45) is 6.46. The molecule has 1 unspecified atom stereocenters. The maximum absolute atomic E-state index is 5.94. The van der Waals surface area contributed by atoms with Crippen LogP contribution in [-0.4, -0.2) is 25.7 Å². The van der Waals surface area contributed by atoms with E-state index in [1.54, 1.807) is 0 Å². The quantitative estimate of drug-likeness (QED) is 0.810. The van der Waals surface area contributed by atoms with Gasteiger partial charge in [-0.1, -0.05) is 25.8 Å². The first-order valence-corrected chi connectivity index (χ1v) is 8.98. The van der Waals surface area contributed by atoms with Crippen molar-refractivity contribution in [3.63, 3.8) is 0 Å². The molecule has 0 aromatic heterocycles. The summed E-state index contributed by atoms with van der Waals surface area (Å²) in [7, 11) is 0. The van der Waals surface area contributed by atoms with Crippen molar-refractivity contribution in [2.24, 2.45) is 0 Å². The Morgan fingerprint density at radius 1 is 1.14 bits per heavy atom. The summed E-state index contributed by atoms with van der Waals surface area (Å²) < 4.78 is 5.94. The lowest BCUT2D eigenvalue weighted by atomic mass is 10.1. The van der Waals surface area contributed by atoms with E-state index in [1.807, 2.05) is 0 Å². The van der Waals surface area contributed by atoms with Crippen molar-refractivity contribution in [3.05, 3.63) is 23.8 Å². The minimum Gasteiger partial charge on any atom is -0.492 e. The summed E-state index contributed by atoms with van der Waals surface area (Å²) in [5.74, 6) is 1.05. The molecule has 0 radical (unpaired) electrons. The lowest BCUT2D eigenvalue weighted by molar-refractivity contribution is 0.340. The standard InChI is InChI=1S/C19H32N2O/c1-4-16(3)20-15-17-10-11-18(19(14-17)22-5-2)21-12-8-6-7-9-13-21/h10-11,14,16,20H,4-9,12-13,15H2,1-3H3. The number of rotatable bonds is 7. The molecule has 1 aromatic carbocycles. The van der Waals surface area contributed by atoms with Crippen molar-refractivity contribution < 1.29 is 4.74 Å². The molecule has 1 aliphatic heterocycles. The zero-order valence-corrected chi connectivity index (χ0v) is 14.5. The van der Waals surface area contributed by atoms with Crippen molar-refractivity contribution in [1.82, 2.24) is 5.32 Å². The molecule has 0 aliphatic carbocycles. The van der Waals surface area contributed by atoms with Gasteiger partial charge < -0.3 is 15.0 Å². The first-order valence-electron chi connectivity index (χ1n) is 8.98. The molecule has 3 heteroatoms. The average molecular weight is 304 g/mol. The highest BCUT2D eigenvalue weighted by Gasteiger charge is 2.15. The van der Waals surface area contributed by atoms with Gasteiger partial charge in [-0.25, -0.2) is 0 Å². The van der Waals surface area contributed by atoms with Crippen molar-refractivity contribution in [1.29, 1.82) is 0 Å². The second-order valence-corrected chi connectivity index (χ2v) is 6.33. The van der Waals surface area contributed by atoms with E-state index in [9.17, 15) is 0 Å². The van der Waals surface area contributed by atoms with Crippen LogP contribution in [0.1, 0.15) is 58.4 Å². The highest BCUT2D eigenvalue weighted by atomic mass is 16.5. The van der Waals surface area contributed by atoms with Crippen LogP contribution in [0.25, 0.3) is 0 Å². The van der Waals surface area contributed by atoms with Crippen molar-refractivity contribution in [2.75, 3.05) is 24.6 Å². The molecule has 0 saturated carbocycles. The Morgan fingerprint density at radius 2 is 1.86 bits per heavy atom. The van der Waals surface area contributed by atoms with Gasteiger partial charge in [-0.15, -0.1) is 0 Å². The molecule has 1 saturated heterocycles. The second-order valence-electron chi connectivity index (χ2n) is 6.33. The van der Waals surface area contributed by atoms with Gasteiger partial charge >= 0.3 is 0 Å². The van der Waals surface area contributed by atoms with Gasteiger partial charge in [0.1, 0.15) is 5.75 Å². The third-order valence-electron chi connectivity index (χ3n) is 4.54. The summed E-state index contributed by atoms with van der Waals surface area (Å²) in [6.45, 7) is 10.5. The largest absolute Gasteiger partial charge is 0.492 e. The highest BCUT2D eigenvalue weighted by molar-refractivity contribution is 5.60. The first kappa shape index (κ1) is 17.1. The fourth-order valence-electron chi connectivity index (χ4n) is 2.95. The summed E-state index contributed by atoms with van der Waals surface area (Å²) in [5.41, 5.74) is 2.58. The number of benzene rings is 1. The number of anilines is 1. The molecule has 1 N–H and O–H groups in total. The minimum atomic E-state index is 0.556. The third kappa shape index (κ3) is 4.91. The van der Waals surface area contributed by atoms with Crippen LogP contribution in [-0.2, 0) is 6.54 Å². The van der Waals surface area contributed by atoms with Gasteiger partial charge in [-0.05, 0) is 50.8 Å². The van der Waals surface area contributed by atoms with Crippen molar-refractivity contribution in [3.8, 4) is 5.75 Å². The van der Waals surface area contributed by atoms with Crippen LogP contribution < -0.4 is 15.0 Å². The lowest BCUT2D eigenvalue weighted by Gasteiger charge is -2.25. The number of hydrogen-bond donors (Lipinski definition) is 1. The summed E-state index contributed by atoms with van der Waals surface area (Å²) in [4.78, 5) is 2.50. The molecule has 1 fully saturated rings.